The highest BCUT2D eigenvalue weighted by Crippen LogP contribution is 2.32. The van der Waals surface area contributed by atoms with Gasteiger partial charge < -0.3 is 10.1 Å². The van der Waals surface area contributed by atoms with Gasteiger partial charge in [-0.1, -0.05) is 18.2 Å². The summed E-state index contributed by atoms with van der Waals surface area (Å²) in [5.41, 5.74) is 1.54. The molecule has 1 N–H and O–H groups in total. The summed E-state index contributed by atoms with van der Waals surface area (Å²) in [6.45, 7) is 2.09. The van der Waals surface area contributed by atoms with Crippen molar-refractivity contribution in [2.45, 2.75) is 19.3 Å². The van der Waals surface area contributed by atoms with Crippen LogP contribution in [-0.4, -0.2) is 18.5 Å². The van der Waals surface area contributed by atoms with Gasteiger partial charge in [-0.25, -0.2) is 0 Å². The third-order valence-corrected chi connectivity index (χ3v) is 2.57. The Hall–Kier alpha value is -1.84. The number of carbonyl (C=O) groups excluding carboxylic acids is 2. The molecule has 84 valence electrons. The van der Waals surface area contributed by atoms with Crippen LogP contribution in [0.15, 0.2) is 24.3 Å². The van der Waals surface area contributed by atoms with Crippen molar-refractivity contribution < 1.29 is 14.3 Å². The summed E-state index contributed by atoms with van der Waals surface area (Å²) < 4.78 is 4.97. The molecule has 1 aromatic carbocycles. The van der Waals surface area contributed by atoms with E-state index in [0.717, 1.165) is 5.56 Å². The second kappa shape index (κ2) is 4.35. The highest BCUT2D eigenvalue weighted by atomic mass is 16.5. The molecule has 1 aliphatic rings. The highest BCUT2D eigenvalue weighted by molar-refractivity contribution is 5.99. The van der Waals surface area contributed by atoms with Gasteiger partial charge in [0.2, 0.25) is 5.91 Å². The predicted octanol–water partition coefficient (Wildman–Crippen LogP) is 1.68. The monoisotopic (exact) mass is 219 g/mol. The number of rotatable bonds is 2. The molecule has 4 nitrogen and oxygen atoms in total. The molecule has 0 aliphatic carbocycles. The molecule has 0 radical (unpaired) electrons. The average molecular weight is 219 g/mol. The van der Waals surface area contributed by atoms with Gasteiger partial charge in [-0.05, 0) is 18.6 Å². The molecule has 1 amide bonds. The summed E-state index contributed by atoms with van der Waals surface area (Å²) in [4.78, 5) is 23.1. The van der Waals surface area contributed by atoms with Gasteiger partial charge in [-0.3, -0.25) is 9.59 Å². The van der Waals surface area contributed by atoms with Gasteiger partial charge in [0, 0.05) is 12.1 Å². The largest absolute Gasteiger partial charge is 0.466 e. The fraction of sp³-hybridized carbons (Fsp3) is 0.333. The van der Waals surface area contributed by atoms with Crippen molar-refractivity contribution >= 4 is 17.6 Å². The van der Waals surface area contributed by atoms with Crippen molar-refractivity contribution in [3.8, 4) is 0 Å². The van der Waals surface area contributed by atoms with Crippen molar-refractivity contribution in [1.29, 1.82) is 0 Å². The number of amides is 1. The minimum Gasteiger partial charge on any atom is -0.466 e. The smallest absolute Gasteiger partial charge is 0.314 e. The van der Waals surface area contributed by atoms with Crippen LogP contribution in [0, 0.1) is 0 Å². The van der Waals surface area contributed by atoms with Crippen LogP contribution in [0.5, 0.6) is 0 Å². The van der Waals surface area contributed by atoms with E-state index < -0.39 is 5.92 Å². The Morgan fingerprint density at radius 1 is 1.50 bits per heavy atom. The fourth-order valence-electron chi connectivity index (χ4n) is 1.86. The van der Waals surface area contributed by atoms with Crippen molar-refractivity contribution in [3.63, 3.8) is 0 Å². The minimum absolute atomic E-state index is 0.142. The zero-order valence-electron chi connectivity index (χ0n) is 9.03. The van der Waals surface area contributed by atoms with E-state index in [4.69, 9.17) is 4.74 Å². The second-order valence-electron chi connectivity index (χ2n) is 3.64. The Labute approximate surface area is 93.6 Å². The van der Waals surface area contributed by atoms with E-state index in [1.165, 1.54) is 0 Å². The molecule has 4 heteroatoms. The highest BCUT2D eigenvalue weighted by Gasteiger charge is 2.31. The number of hydrogen-bond donors (Lipinski definition) is 1. The Bertz CT molecular complexity index is 428. The maximum absolute atomic E-state index is 11.7. The van der Waals surface area contributed by atoms with E-state index in [1.54, 1.807) is 13.0 Å². The van der Waals surface area contributed by atoms with Gasteiger partial charge in [0.15, 0.2) is 0 Å². The second-order valence-corrected chi connectivity index (χ2v) is 3.64. The molecule has 1 aliphatic heterocycles. The molecule has 1 unspecified atom stereocenters. The number of esters is 1. The maximum Gasteiger partial charge on any atom is 0.314 e. The number of fused-ring (bicyclic) bond motifs is 1. The van der Waals surface area contributed by atoms with Crippen molar-refractivity contribution in [1.82, 2.24) is 0 Å². The normalized spacial score (nSPS) is 18.6. The van der Waals surface area contributed by atoms with E-state index >= 15 is 0 Å². The van der Waals surface area contributed by atoms with Crippen LogP contribution in [-0.2, 0) is 14.3 Å². The summed E-state index contributed by atoms with van der Waals surface area (Å²) in [7, 11) is 0. The van der Waals surface area contributed by atoms with E-state index in [9.17, 15) is 9.59 Å². The first-order valence-corrected chi connectivity index (χ1v) is 5.27. The topological polar surface area (TPSA) is 55.4 Å². The average Bonchev–Trinajstić information content (AvgIpc) is 2.28. The quantitative estimate of drug-likeness (QED) is 0.770. The minimum atomic E-state index is -0.468. The molecule has 16 heavy (non-hydrogen) atoms. The molecular formula is C12H13NO3. The van der Waals surface area contributed by atoms with Gasteiger partial charge in [0.05, 0.1) is 12.5 Å². The fourth-order valence-corrected chi connectivity index (χ4v) is 1.86. The van der Waals surface area contributed by atoms with Gasteiger partial charge in [-0.2, -0.15) is 0 Å². The molecule has 1 aromatic rings. The van der Waals surface area contributed by atoms with Gasteiger partial charge in [-0.15, -0.1) is 0 Å². The summed E-state index contributed by atoms with van der Waals surface area (Å²) in [6.07, 6.45) is 0.163. The predicted molar refractivity (Wildman–Crippen MR) is 59.1 cm³/mol. The summed E-state index contributed by atoms with van der Waals surface area (Å²) in [5, 5.41) is 2.74. The molecule has 0 fully saturated rings. The number of para-hydroxylation sites is 1. The zero-order chi connectivity index (χ0) is 11.5. The van der Waals surface area contributed by atoms with Crippen LogP contribution in [0.1, 0.15) is 24.8 Å². The summed E-state index contributed by atoms with van der Waals surface area (Å²) in [5.74, 6) is -0.938. The lowest BCUT2D eigenvalue weighted by atomic mass is 9.91. The van der Waals surface area contributed by atoms with E-state index in [1.807, 2.05) is 18.2 Å². The number of carbonyl (C=O) groups is 2. The van der Waals surface area contributed by atoms with Crippen molar-refractivity contribution in [3.05, 3.63) is 29.8 Å². The first-order valence-electron chi connectivity index (χ1n) is 5.27. The van der Waals surface area contributed by atoms with E-state index in [-0.39, 0.29) is 18.3 Å². The molecule has 0 aromatic heterocycles. The zero-order valence-corrected chi connectivity index (χ0v) is 9.03. The number of anilines is 1. The molecule has 1 atom stereocenters. The summed E-state index contributed by atoms with van der Waals surface area (Å²) in [6, 6.07) is 7.31. The van der Waals surface area contributed by atoms with Crippen LogP contribution in [0.4, 0.5) is 5.69 Å². The van der Waals surface area contributed by atoms with Crippen LogP contribution in [0.25, 0.3) is 0 Å². The number of nitrogens with one attached hydrogen (secondary N) is 1. The first kappa shape index (κ1) is 10.7. The molecular weight excluding hydrogens is 206 g/mol. The summed E-state index contributed by atoms with van der Waals surface area (Å²) >= 11 is 0. The lowest BCUT2D eigenvalue weighted by Gasteiger charge is -2.23. The van der Waals surface area contributed by atoms with Crippen LogP contribution < -0.4 is 5.32 Å². The van der Waals surface area contributed by atoms with Gasteiger partial charge in [0.1, 0.15) is 0 Å². The number of hydrogen-bond acceptors (Lipinski definition) is 3. The lowest BCUT2D eigenvalue weighted by molar-refractivity contribution is -0.146. The third kappa shape index (κ3) is 1.91. The molecule has 0 saturated heterocycles. The number of benzene rings is 1. The first-order chi connectivity index (χ1) is 7.72. The lowest BCUT2D eigenvalue weighted by Crippen LogP contribution is -2.28. The van der Waals surface area contributed by atoms with E-state index in [0.29, 0.717) is 12.3 Å². The Morgan fingerprint density at radius 2 is 2.25 bits per heavy atom. The van der Waals surface area contributed by atoms with Crippen molar-refractivity contribution in [2.75, 3.05) is 11.9 Å². The Morgan fingerprint density at radius 3 is 3.00 bits per heavy atom. The third-order valence-electron chi connectivity index (χ3n) is 2.57. The van der Waals surface area contributed by atoms with Crippen molar-refractivity contribution in [2.24, 2.45) is 0 Å². The molecule has 0 bridgehead atoms. The van der Waals surface area contributed by atoms with Gasteiger partial charge in [0.25, 0.3) is 0 Å². The Balaban J connectivity index is 2.33. The van der Waals surface area contributed by atoms with Crippen LogP contribution in [0.3, 0.4) is 0 Å². The SMILES string of the molecule is CCOC(=O)C1CC(=O)Nc2ccccc21. The molecule has 1 heterocycles. The molecule has 2 rings (SSSR count). The van der Waals surface area contributed by atoms with E-state index in [2.05, 4.69) is 5.32 Å². The maximum atomic E-state index is 11.7. The van der Waals surface area contributed by atoms with Crippen LogP contribution in [0.2, 0.25) is 0 Å². The molecule has 0 saturated carbocycles. The van der Waals surface area contributed by atoms with Crippen LogP contribution >= 0.6 is 0 Å². The van der Waals surface area contributed by atoms with Gasteiger partial charge >= 0.3 is 5.97 Å². The Kier molecular flexibility index (Phi) is 2.90. The molecule has 0 spiro atoms. The number of ether oxygens (including phenoxy) is 1. The standard InChI is InChI=1S/C12H13NO3/c1-2-16-12(15)9-7-11(14)13-10-6-4-3-5-8(9)10/h3-6,9H,2,7H2,1H3,(H,13,14).